The van der Waals surface area contributed by atoms with Gasteiger partial charge in [-0.1, -0.05) is 16.8 Å². The summed E-state index contributed by atoms with van der Waals surface area (Å²) in [5.41, 5.74) is 0. The lowest BCUT2D eigenvalue weighted by Crippen LogP contribution is -2.27. The van der Waals surface area contributed by atoms with E-state index >= 15 is 0 Å². The average Bonchev–Trinajstić information content (AvgIpc) is 2.91. The highest BCUT2D eigenvalue weighted by Gasteiger charge is 2.40. The number of halogens is 1. The van der Waals surface area contributed by atoms with E-state index in [4.69, 9.17) is 31.4 Å². The molecule has 0 radical (unpaired) electrons. The molecule has 2 bridgehead atoms. The van der Waals surface area contributed by atoms with Crippen LogP contribution >= 0.6 is 11.6 Å². The number of oxime groups is 1. The van der Waals surface area contributed by atoms with Crippen molar-refractivity contribution in [2.24, 2.45) is 17.0 Å². The van der Waals surface area contributed by atoms with Crippen LogP contribution < -0.4 is 0 Å². The number of piperidine rings is 1. The highest BCUT2D eigenvalue weighted by Crippen LogP contribution is 2.34. The van der Waals surface area contributed by atoms with Crippen molar-refractivity contribution in [1.82, 2.24) is 4.90 Å². The Bertz CT molecular complexity index is 348. The zero-order valence-corrected chi connectivity index (χ0v) is 10.6. The number of aliphatic carboxylic acids is 2. The molecule has 8 heteroatoms. The van der Waals surface area contributed by atoms with Crippen molar-refractivity contribution in [1.29, 1.82) is 0 Å². The third kappa shape index (κ3) is 3.85. The first-order chi connectivity index (χ1) is 8.45. The van der Waals surface area contributed by atoms with Crippen LogP contribution in [0.25, 0.3) is 0 Å². The molecule has 7 nitrogen and oxygen atoms in total. The predicted octanol–water partition coefficient (Wildman–Crippen LogP) is 0.292. The molecule has 0 amide bonds. The van der Waals surface area contributed by atoms with Crippen molar-refractivity contribution in [2.45, 2.75) is 6.42 Å². The maximum atomic E-state index is 9.10. The number of fused-ring (bicyclic) bond motifs is 2. The number of nitrogens with zero attached hydrogens (tertiary/aromatic N) is 2. The highest BCUT2D eigenvalue weighted by molar-refractivity contribution is 6.65. The van der Waals surface area contributed by atoms with Gasteiger partial charge >= 0.3 is 11.9 Å². The maximum absolute atomic E-state index is 9.10. The highest BCUT2D eigenvalue weighted by atomic mass is 35.5. The third-order valence-corrected chi connectivity index (χ3v) is 3.35. The van der Waals surface area contributed by atoms with Crippen LogP contribution in [0.4, 0.5) is 0 Å². The normalized spacial score (nSPS) is 29.4. The summed E-state index contributed by atoms with van der Waals surface area (Å²) >= 11 is 5.98. The lowest BCUT2D eigenvalue weighted by molar-refractivity contribution is -0.159. The first-order valence-corrected chi connectivity index (χ1v) is 5.78. The minimum absolute atomic E-state index is 0.431. The Kier molecular flexibility index (Phi) is 5.36. The van der Waals surface area contributed by atoms with Crippen LogP contribution in [-0.2, 0) is 14.4 Å². The Labute approximate surface area is 109 Å². The largest absolute Gasteiger partial charge is 0.473 e. The van der Waals surface area contributed by atoms with Crippen LogP contribution in [0.15, 0.2) is 5.16 Å². The van der Waals surface area contributed by atoms with Gasteiger partial charge in [0.05, 0.1) is 0 Å². The maximum Gasteiger partial charge on any atom is 0.414 e. The zero-order chi connectivity index (χ0) is 13.7. The number of hydrogen-bond donors (Lipinski definition) is 2. The van der Waals surface area contributed by atoms with Gasteiger partial charge in [0.2, 0.25) is 0 Å². The molecule has 2 N–H and O–H groups in total. The van der Waals surface area contributed by atoms with Crippen LogP contribution in [0.5, 0.6) is 0 Å². The Morgan fingerprint density at radius 1 is 1.33 bits per heavy atom. The summed E-state index contributed by atoms with van der Waals surface area (Å²) in [6, 6.07) is 0. The van der Waals surface area contributed by atoms with Gasteiger partial charge in [-0.3, -0.25) is 0 Å². The van der Waals surface area contributed by atoms with Gasteiger partial charge in [-0.15, -0.1) is 0 Å². The van der Waals surface area contributed by atoms with E-state index in [1.807, 2.05) is 0 Å². The molecule has 2 rings (SSSR count). The zero-order valence-electron chi connectivity index (χ0n) is 9.87. The number of carboxylic acid groups (broad SMARTS) is 2. The number of hydrogen-bond acceptors (Lipinski definition) is 5. The van der Waals surface area contributed by atoms with Gasteiger partial charge in [0.15, 0.2) is 0 Å². The smallest absolute Gasteiger partial charge is 0.414 e. The summed E-state index contributed by atoms with van der Waals surface area (Å²) in [6.07, 6.45) is 1.26. The quantitative estimate of drug-likeness (QED) is 0.428. The summed E-state index contributed by atoms with van der Waals surface area (Å²) in [6.45, 7) is 3.49. The van der Waals surface area contributed by atoms with Crippen molar-refractivity contribution in [3.8, 4) is 0 Å². The molecule has 2 fully saturated rings. The SMILES string of the molecule is CON=C(Cl)C1CN2CCC1C2.O=C(O)C(=O)O. The van der Waals surface area contributed by atoms with Crippen LogP contribution in [0.1, 0.15) is 6.42 Å². The van der Waals surface area contributed by atoms with Crippen molar-refractivity contribution in [3.63, 3.8) is 0 Å². The van der Waals surface area contributed by atoms with Crippen LogP contribution in [0.3, 0.4) is 0 Å². The average molecular weight is 279 g/mol. The summed E-state index contributed by atoms with van der Waals surface area (Å²) in [5.74, 6) is -2.50. The number of rotatable bonds is 2. The van der Waals surface area contributed by atoms with Crippen molar-refractivity contribution in [2.75, 3.05) is 26.7 Å². The second kappa shape index (κ2) is 6.55. The van der Waals surface area contributed by atoms with Crippen LogP contribution in [-0.4, -0.2) is 59.0 Å². The van der Waals surface area contributed by atoms with Gasteiger partial charge in [0, 0.05) is 19.0 Å². The van der Waals surface area contributed by atoms with Crippen LogP contribution in [0.2, 0.25) is 0 Å². The minimum atomic E-state index is -1.82. The molecule has 3 unspecified atom stereocenters. The van der Waals surface area contributed by atoms with Crippen molar-refractivity contribution in [3.05, 3.63) is 0 Å². The lowest BCUT2D eigenvalue weighted by Gasteiger charge is -2.19. The second-order valence-electron chi connectivity index (χ2n) is 4.12. The third-order valence-electron chi connectivity index (χ3n) is 3.00. The fourth-order valence-corrected chi connectivity index (χ4v) is 2.53. The Hall–Kier alpha value is -1.34. The molecular formula is C10H15ClN2O5. The van der Waals surface area contributed by atoms with E-state index in [2.05, 4.69) is 14.9 Å². The molecule has 0 saturated carbocycles. The fourth-order valence-electron chi connectivity index (χ4n) is 2.21. The van der Waals surface area contributed by atoms with E-state index in [9.17, 15) is 0 Å². The summed E-state index contributed by atoms with van der Waals surface area (Å²) in [5, 5.41) is 19.2. The van der Waals surface area contributed by atoms with E-state index < -0.39 is 11.9 Å². The molecule has 102 valence electrons. The van der Waals surface area contributed by atoms with Crippen LogP contribution in [0, 0.1) is 11.8 Å². The molecular weight excluding hydrogens is 264 g/mol. The van der Waals surface area contributed by atoms with E-state index in [-0.39, 0.29) is 0 Å². The lowest BCUT2D eigenvalue weighted by atomic mass is 9.94. The van der Waals surface area contributed by atoms with E-state index in [1.54, 1.807) is 0 Å². The van der Waals surface area contributed by atoms with E-state index in [0.717, 1.165) is 12.5 Å². The van der Waals surface area contributed by atoms with Gasteiger partial charge in [0.25, 0.3) is 0 Å². The number of carbonyl (C=O) groups is 2. The monoisotopic (exact) mass is 278 g/mol. The Morgan fingerprint density at radius 3 is 2.28 bits per heavy atom. The summed E-state index contributed by atoms with van der Waals surface area (Å²) < 4.78 is 0. The predicted molar refractivity (Wildman–Crippen MR) is 63.6 cm³/mol. The fraction of sp³-hybridized carbons (Fsp3) is 0.700. The molecule has 0 aromatic heterocycles. The van der Waals surface area contributed by atoms with E-state index in [0.29, 0.717) is 11.1 Å². The first-order valence-electron chi connectivity index (χ1n) is 5.40. The van der Waals surface area contributed by atoms with Gasteiger partial charge in [0.1, 0.15) is 12.3 Å². The van der Waals surface area contributed by atoms with Gasteiger partial charge in [-0.05, 0) is 18.9 Å². The second-order valence-corrected chi connectivity index (χ2v) is 4.51. The molecule has 0 spiro atoms. The molecule has 3 atom stereocenters. The molecule has 0 aliphatic carbocycles. The molecule has 2 heterocycles. The molecule has 0 aromatic carbocycles. The van der Waals surface area contributed by atoms with Gasteiger partial charge < -0.3 is 20.0 Å². The minimum Gasteiger partial charge on any atom is -0.473 e. The molecule has 0 aromatic rings. The number of carboxylic acids is 2. The molecule has 2 aliphatic rings. The Morgan fingerprint density at radius 2 is 1.94 bits per heavy atom. The van der Waals surface area contributed by atoms with Gasteiger partial charge in [-0.25, -0.2) is 9.59 Å². The summed E-state index contributed by atoms with van der Waals surface area (Å²) in [7, 11) is 1.54. The Balaban J connectivity index is 0.000000232. The first kappa shape index (κ1) is 14.7. The standard InChI is InChI=1S/C8H13ClN2O.C2H2O4/c1-12-10-8(9)7-5-11-3-2-6(7)4-11;3-1(4)2(5)6/h6-7H,2-5H2,1H3;(H,3,4)(H,5,6). The topological polar surface area (TPSA) is 99.4 Å². The van der Waals surface area contributed by atoms with Gasteiger partial charge in [-0.2, -0.15) is 0 Å². The molecule has 2 saturated heterocycles. The van der Waals surface area contributed by atoms with Crippen molar-refractivity contribution < 1.29 is 24.6 Å². The summed E-state index contributed by atoms with van der Waals surface area (Å²) in [4.78, 5) is 25.3. The van der Waals surface area contributed by atoms with E-state index in [1.165, 1.54) is 26.6 Å². The molecule has 18 heavy (non-hydrogen) atoms. The molecule has 2 aliphatic heterocycles. The van der Waals surface area contributed by atoms with Crippen molar-refractivity contribution >= 4 is 28.7 Å².